The van der Waals surface area contributed by atoms with Crippen LogP contribution in [0.4, 0.5) is 0 Å². The smallest absolute Gasteiger partial charge is 0.164 e. The number of carbonyl (C=O) groups excluding carboxylic acids is 2. The van der Waals surface area contributed by atoms with Crippen LogP contribution >= 0.6 is 0 Å². The summed E-state index contributed by atoms with van der Waals surface area (Å²) in [6.07, 6.45) is 3.67. The normalized spacial score (nSPS) is 14.9. The van der Waals surface area contributed by atoms with Crippen LogP contribution in [0.3, 0.4) is 0 Å². The lowest BCUT2D eigenvalue weighted by Crippen LogP contribution is -2.19. The van der Waals surface area contributed by atoms with Crippen molar-refractivity contribution in [1.82, 2.24) is 0 Å². The van der Waals surface area contributed by atoms with Crippen molar-refractivity contribution in [1.29, 1.82) is 0 Å². The topological polar surface area (TPSA) is 99.3 Å². The van der Waals surface area contributed by atoms with Crippen LogP contribution in [0.1, 0.15) is 70.4 Å². The Hall–Kier alpha value is -3.38. The molecular weight excluding hydrogens is 452 g/mol. The molecule has 6 nitrogen and oxygen atoms in total. The van der Waals surface area contributed by atoms with Crippen molar-refractivity contribution in [3.05, 3.63) is 80.6 Å². The summed E-state index contributed by atoms with van der Waals surface area (Å²) >= 11 is 0. The third-order valence-electron chi connectivity index (χ3n) is 6.43. The highest BCUT2D eigenvalue weighted by Gasteiger charge is 2.29. The standard InChI is InChI=1S/C30H38N2O4/c1-17-9-19(3)27(20(4)10-17)29(31-13-25(15-33)23(7)35)30(32-14-26(16-34)24(8)36)28-21(5)11-18(2)12-22(28)6/h9-15,26,29-30,33-34H,16H2,1-8H3/t26?,29-,30-/m1/s1. The third kappa shape index (κ3) is 6.85. The molecule has 0 bridgehead atoms. The maximum Gasteiger partial charge on any atom is 0.164 e. The second kappa shape index (κ2) is 12.5. The predicted octanol–water partition coefficient (Wildman–Crippen LogP) is 5.69. The second-order valence-corrected chi connectivity index (χ2v) is 9.63. The number of aliphatic imine (C=N–C) groups is 2. The number of Topliss-reactive ketones (excluding diaryl/α,β-unsaturated/α-hetero) is 2. The quantitative estimate of drug-likeness (QED) is 0.254. The first-order chi connectivity index (χ1) is 16.9. The summed E-state index contributed by atoms with van der Waals surface area (Å²) in [6.45, 7) is 14.6. The molecule has 3 atom stereocenters. The molecular formula is C30H38N2O4. The van der Waals surface area contributed by atoms with Crippen LogP contribution in [-0.4, -0.2) is 40.8 Å². The van der Waals surface area contributed by atoms with Gasteiger partial charge in [-0.15, -0.1) is 0 Å². The van der Waals surface area contributed by atoms with Crippen molar-refractivity contribution in [3.8, 4) is 0 Å². The molecule has 0 aromatic heterocycles. The van der Waals surface area contributed by atoms with Crippen molar-refractivity contribution in [2.24, 2.45) is 15.9 Å². The average molecular weight is 491 g/mol. The van der Waals surface area contributed by atoms with Crippen molar-refractivity contribution in [2.45, 2.75) is 67.5 Å². The molecule has 0 heterocycles. The number of benzene rings is 2. The molecule has 0 aliphatic rings. The number of hydrogen-bond donors (Lipinski definition) is 2. The highest BCUT2D eigenvalue weighted by atomic mass is 16.3. The number of aliphatic hydroxyl groups excluding tert-OH is 2. The molecule has 0 aliphatic heterocycles. The Morgan fingerprint density at radius 2 is 1.22 bits per heavy atom. The van der Waals surface area contributed by atoms with Gasteiger partial charge in [0.15, 0.2) is 5.78 Å². The molecule has 0 aliphatic carbocycles. The fourth-order valence-electron chi connectivity index (χ4n) is 4.80. The van der Waals surface area contributed by atoms with E-state index in [0.717, 1.165) is 50.8 Å². The molecule has 2 N–H and O–H groups in total. The van der Waals surface area contributed by atoms with Gasteiger partial charge in [-0.1, -0.05) is 35.4 Å². The summed E-state index contributed by atoms with van der Waals surface area (Å²) in [5, 5.41) is 19.4. The predicted molar refractivity (Wildman–Crippen MR) is 146 cm³/mol. The van der Waals surface area contributed by atoms with Crippen LogP contribution < -0.4 is 0 Å². The molecule has 192 valence electrons. The van der Waals surface area contributed by atoms with Gasteiger partial charge in [-0.05, 0) is 88.8 Å². The minimum absolute atomic E-state index is 0.0828. The molecule has 2 rings (SSSR count). The van der Waals surface area contributed by atoms with Crippen molar-refractivity contribution in [2.75, 3.05) is 6.61 Å². The zero-order chi connectivity index (χ0) is 27.2. The van der Waals surface area contributed by atoms with E-state index in [1.807, 2.05) is 41.5 Å². The number of aryl methyl sites for hydroxylation is 6. The van der Waals surface area contributed by atoms with E-state index in [-0.39, 0.29) is 23.7 Å². The lowest BCUT2D eigenvalue weighted by molar-refractivity contribution is -0.119. The molecule has 6 heteroatoms. The van der Waals surface area contributed by atoms with E-state index >= 15 is 0 Å². The molecule has 0 amide bonds. The number of allylic oxidation sites excluding steroid dienone is 1. The van der Waals surface area contributed by atoms with Gasteiger partial charge in [0, 0.05) is 12.4 Å². The van der Waals surface area contributed by atoms with Crippen LogP contribution in [-0.2, 0) is 9.59 Å². The number of aliphatic hydroxyl groups is 2. The molecule has 0 radical (unpaired) electrons. The Kier molecular flexibility index (Phi) is 10.1. The zero-order valence-electron chi connectivity index (χ0n) is 22.6. The fraction of sp³-hybridized carbons (Fsp3) is 0.400. The van der Waals surface area contributed by atoms with Crippen LogP contribution in [0.25, 0.3) is 0 Å². The summed E-state index contributed by atoms with van der Waals surface area (Å²) < 4.78 is 0. The third-order valence-corrected chi connectivity index (χ3v) is 6.43. The number of hydrogen-bond acceptors (Lipinski definition) is 6. The summed E-state index contributed by atoms with van der Waals surface area (Å²) in [4.78, 5) is 33.8. The van der Waals surface area contributed by atoms with Gasteiger partial charge in [-0.2, -0.15) is 0 Å². The Morgan fingerprint density at radius 1 is 0.806 bits per heavy atom. The number of nitrogens with zero attached hydrogens (tertiary/aromatic N) is 2. The number of rotatable bonds is 10. The van der Waals surface area contributed by atoms with Crippen LogP contribution in [0.15, 0.2) is 46.1 Å². The lowest BCUT2D eigenvalue weighted by Gasteiger charge is -2.28. The van der Waals surface area contributed by atoms with Gasteiger partial charge in [0.2, 0.25) is 0 Å². The van der Waals surface area contributed by atoms with Crippen LogP contribution in [0, 0.1) is 47.5 Å². The molecule has 0 saturated carbocycles. The maximum atomic E-state index is 12.1. The zero-order valence-corrected chi connectivity index (χ0v) is 22.6. The lowest BCUT2D eigenvalue weighted by atomic mass is 9.84. The summed E-state index contributed by atoms with van der Waals surface area (Å²) in [7, 11) is 0. The SMILES string of the molecule is CC(=O)C(C=N[C@H](c1c(C)cc(C)cc1C)[C@H](N=CC(CO)C(C)=O)c1c(C)cc(C)cc1C)=CO. The van der Waals surface area contributed by atoms with Crippen molar-refractivity contribution in [3.63, 3.8) is 0 Å². The van der Waals surface area contributed by atoms with Gasteiger partial charge < -0.3 is 10.2 Å². The van der Waals surface area contributed by atoms with Crippen LogP contribution in [0.2, 0.25) is 0 Å². The summed E-state index contributed by atoms with van der Waals surface area (Å²) in [5.41, 5.74) is 8.38. The van der Waals surface area contributed by atoms with Gasteiger partial charge in [0.05, 0.1) is 24.4 Å². The largest absolute Gasteiger partial charge is 0.515 e. The van der Waals surface area contributed by atoms with E-state index in [0.29, 0.717) is 0 Å². The minimum Gasteiger partial charge on any atom is -0.515 e. The number of ketones is 2. The monoisotopic (exact) mass is 490 g/mol. The summed E-state index contributed by atoms with van der Waals surface area (Å²) in [6, 6.07) is 7.25. The van der Waals surface area contributed by atoms with E-state index in [2.05, 4.69) is 24.3 Å². The van der Waals surface area contributed by atoms with E-state index in [1.54, 1.807) is 0 Å². The first-order valence-corrected chi connectivity index (χ1v) is 12.1. The molecule has 36 heavy (non-hydrogen) atoms. The Labute approximate surface area is 214 Å². The number of carbonyl (C=O) groups is 2. The van der Waals surface area contributed by atoms with Gasteiger partial charge in [-0.3, -0.25) is 19.6 Å². The molecule has 1 unspecified atom stereocenters. The average Bonchev–Trinajstić information content (AvgIpc) is 2.75. The minimum atomic E-state index is -0.728. The Balaban J connectivity index is 2.91. The van der Waals surface area contributed by atoms with Crippen molar-refractivity contribution >= 4 is 24.0 Å². The second-order valence-electron chi connectivity index (χ2n) is 9.63. The highest BCUT2D eigenvalue weighted by Crippen LogP contribution is 2.41. The van der Waals surface area contributed by atoms with Crippen LogP contribution in [0.5, 0.6) is 0 Å². The van der Waals surface area contributed by atoms with Gasteiger partial charge in [0.25, 0.3) is 0 Å². The first-order valence-electron chi connectivity index (χ1n) is 12.1. The van der Waals surface area contributed by atoms with E-state index in [1.165, 1.54) is 26.3 Å². The van der Waals surface area contributed by atoms with Crippen molar-refractivity contribution < 1.29 is 19.8 Å². The first kappa shape index (κ1) is 28.9. The molecule has 0 saturated heterocycles. The fourth-order valence-corrected chi connectivity index (χ4v) is 4.80. The highest BCUT2D eigenvalue weighted by molar-refractivity contribution is 6.11. The molecule has 2 aromatic rings. The molecule has 0 fully saturated rings. The Bertz CT molecular complexity index is 1180. The molecule has 2 aromatic carbocycles. The van der Waals surface area contributed by atoms with Gasteiger partial charge >= 0.3 is 0 Å². The molecule has 0 spiro atoms. The maximum absolute atomic E-state index is 12.1. The van der Waals surface area contributed by atoms with E-state index < -0.39 is 18.0 Å². The van der Waals surface area contributed by atoms with Gasteiger partial charge in [0.1, 0.15) is 17.9 Å². The van der Waals surface area contributed by atoms with Gasteiger partial charge in [-0.25, -0.2) is 0 Å². The van der Waals surface area contributed by atoms with E-state index in [4.69, 9.17) is 9.98 Å². The Morgan fingerprint density at radius 3 is 1.56 bits per heavy atom. The summed E-state index contributed by atoms with van der Waals surface area (Å²) in [5.74, 6) is -1.22. The van der Waals surface area contributed by atoms with E-state index in [9.17, 15) is 19.8 Å².